The molecule has 1 aromatic carbocycles. The van der Waals surface area contributed by atoms with E-state index in [0.29, 0.717) is 6.61 Å². The molecule has 3 rings (SSSR count). The van der Waals surface area contributed by atoms with Gasteiger partial charge in [-0.25, -0.2) is 17.5 Å². The topological polar surface area (TPSA) is 78.3 Å². The van der Waals surface area contributed by atoms with Crippen LogP contribution in [0.3, 0.4) is 0 Å². The summed E-state index contributed by atoms with van der Waals surface area (Å²) in [6.07, 6.45) is 1.95. The molecule has 0 spiro atoms. The first kappa shape index (κ1) is 22.5. The fraction of sp³-hybridized carbons (Fsp3) is 0.545. The zero-order valence-electron chi connectivity index (χ0n) is 18.1. The van der Waals surface area contributed by atoms with Crippen LogP contribution in [0.4, 0.5) is 4.39 Å². The third kappa shape index (κ3) is 4.43. The van der Waals surface area contributed by atoms with Gasteiger partial charge in [-0.1, -0.05) is 27.7 Å². The Labute approximate surface area is 177 Å². The van der Waals surface area contributed by atoms with Crippen LogP contribution in [0.15, 0.2) is 23.2 Å². The van der Waals surface area contributed by atoms with Crippen LogP contribution in [0.25, 0.3) is 0 Å². The molecule has 6 nitrogen and oxygen atoms in total. The number of sulfone groups is 1. The third-order valence-electron chi connectivity index (χ3n) is 5.50. The number of carbonyl (C=O) groups is 1. The molecule has 0 radical (unpaired) electrons. The minimum atomic E-state index is -3.91. The van der Waals surface area contributed by atoms with Gasteiger partial charge >= 0.3 is 0 Å². The Hall–Kier alpha value is -2.22. The second-order valence-corrected chi connectivity index (χ2v) is 10.5. The summed E-state index contributed by atoms with van der Waals surface area (Å²) < 4.78 is 47.1. The SMILES string of the molecule is CC(C)c1cc(F)cc(C(C)C)c1CC(=O)CS(=O)(=O)c1cnn2c1OCCC2C. The van der Waals surface area contributed by atoms with Gasteiger partial charge < -0.3 is 4.74 Å². The maximum absolute atomic E-state index is 14.1. The Morgan fingerprint density at radius 1 is 1.23 bits per heavy atom. The van der Waals surface area contributed by atoms with E-state index in [1.54, 1.807) is 4.68 Å². The van der Waals surface area contributed by atoms with Gasteiger partial charge in [0.15, 0.2) is 15.6 Å². The monoisotopic (exact) mass is 436 g/mol. The lowest BCUT2D eigenvalue weighted by atomic mass is 9.86. The Morgan fingerprint density at radius 2 is 1.83 bits per heavy atom. The number of aromatic nitrogens is 2. The van der Waals surface area contributed by atoms with E-state index >= 15 is 0 Å². The number of ether oxygens (including phenoxy) is 1. The van der Waals surface area contributed by atoms with Gasteiger partial charge in [-0.15, -0.1) is 0 Å². The number of Topliss-reactive ketones (excluding diaryl/α,β-unsaturated/α-hetero) is 1. The Bertz CT molecular complexity index is 1030. The summed E-state index contributed by atoms with van der Waals surface area (Å²) in [7, 11) is -3.91. The van der Waals surface area contributed by atoms with Gasteiger partial charge in [0.05, 0.1) is 18.8 Å². The first-order valence-electron chi connectivity index (χ1n) is 10.3. The number of nitrogens with zero attached hydrogens (tertiary/aromatic N) is 2. The lowest BCUT2D eigenvalue weighted by Crippen LogP contribution is -2.23. The summed E-state index contributed by atoms with van der Waals surface area (Å²) in [5.74, 6) is -1.20. The molecular weight excluding hydrogens is 407 g/mol. The molecule has 30 heavy (non-hydrogen) atoms. The quantitative estimate of drug-likeness (QED) is 0.650. The van der Waals surface area contributed by atoms with Crippen LogP contribution >= 0.6 is 0 Å². The van der Waals surface area contributed by atoms with Crippen molar-refractivity contribution in [3.05, 3.63) is 40.8 Å². The van der Waals surface area contributed by atoms with Gasteiger partial charge in [-0.05, 0) is 47.6 Å². The Morgan fingerprint density at radius 3 is 2.40 bits per heavy atom. The Kier molecular flexibility index (Phi) is 6.36. The highest BCUT2D eigenvalue weighted by molar-refractivity contribution is 7.92. The van der Waals surface area contributed by atoms with Crippen molar-refractivity contribution in [2.75, 3.05) is 12.4 Å². The lowest BCUT2D eigenvalue weighted by Gasteiger charge is -2.22. The average molecular weight is 437 g/mol. The maximum Gasteiger partial charge on any atom is 0.231 e. The van der Waals surface area contributed by atoms with Crippen LogP contribution in [0.5, 0.6) is 5.88 Å². The fourth-order valence-electron chi connectivity index (χ4n) is 3.90. The van der Waals surface area contributed by atoms with E-state index in [1.807, 2.05) is 34.6 Å². The second-order valence-electron chi connectivity index (χ2n) is 8.59. The number of fused-ring (bicyclic) bond motifs is 1. The van der Waals surface area contributed by atoms with Crippen LogP contribution in [0.1, 0.15) is 75.6 Å². The van der Waals surface area contributed by atoms with Crippen LogP contribution in [-0.4, -0.2) is 36.3 Å². The van der Waals surface area contributed by atoms with Crippen LogP contribution in [0, 0.1) is 5.82 Å². The van der Waals surface area contributed by atoms with E-state index < -0.39 is 21.4 Å². The first-order chi connectivity index (χ1) is 14.0. The Balaban J connectivity index is 1.89. The summed E-state index contributed by atoms with van der Waals surface area (Å²) in [6.45, 7) is 10.1. The summed E-state index contributed by atoms with van der Waals surface area (Å²) in [5.41, 5.74) is 2.21. The van der Waals surface area contributed by atoms with Crippen LogP contribution in [-0.2, 0) is 21.1 Å². The van der Waals surface area contributed by atoms with Crippen molar-refractivity contribution in [2.24, 2.45) is 0 Å². The molecule has 0 fully saturated rings. The summed E-state index contributed by atoms with van der Waals surface area (Å²) in [6, 6.07) is 2.92. The van der Waals surface area contributed by atoms with Crippen molar-refractivity contribution in [1.82, 2.24) is 9.78 Å². The molecule has 1 aromatic heterocycles. The molecule has 0 aliphatic carbocycles. The molecule has 1 atom stereocenters. The van der Waals surface area contributed by atoms with Gasteiger partial charge in [-0.3, -0.25) is 4.79 Å². The van der Waals surface area contributed by atoms with Gasteiger partial charge in [0.25, 0.3) is 0 Å². The smallest absolute Gasteiger partial charge is 0.231 e. The highest BCUT2D eigenvalue weighted by atomic mass is 32.2. The standard InChI is InChI=1S/C22H29FN2O4S/c1-13(2)18-8-16(23)9-19(14(3)4)20(18)10-17(26)12-30(27,28)21-11-24-25-15(5)6-7-29-22(21)25/h8-9,11,13-15H,6-7,10,12H2,1-5H3. The molecule has 0 saturated carbocycles. The predicted molar refractivity (Wildman–Crippen MR) is 112 cm³/mol. The molecule has 0 bridgehead atoms. The largest absolute Gasteiger partial charge is 0.477 e. The van der Waals surface area contributed by atoms with Crippen molar-refractivity contribution in [2.45, 2.75) is 70.2 Å². The number of hydrogen-bond donors (Lipinski definition) is 0. The van der Waals surface area contributed by atoms with Crippen molar-refractivity contribution in [3.8, 4) is 5.88 Å². The maximum atomic E-state index is 14.1. The van der Waals surface area contributed by atoms with Crippen LogP contribution in [0.2, 0.25) is 0 Å². The van der Waals surface area contributed by atoms with Crippen LogP contribution < -0.4 is 4.74 Å². The third-order valence-corrected chi connectivity index (χ3v) is 7.15. The minimum absolute atomic E-state index is 0.00943. The van der Waals surface area contributed by atoms with E-state index in [4.69, 9.17) is 4.74 Å². The second kappa shape index (κ2) is 8.49. The number of benzene rings is 1. The zero-order chi connectivity index (χ0) is 22.2. The van der Waals surface area contributed by atoms with E-state index in [9.17, 15) is 17.6 Å². The molecule has 0 N–H and O–H groups in total. The molecule has 2 heterocycles. The van der Waals surface area contributed by atoms with Gasteiger partial charge in [0.1, 0.15) is 16.5 Å². The number of ketones is 1. The summed E-state index contributed by atoms with van der Waals surface area (Å²) >= 11 is 0. The number of halogens is 1. The van der Waals surface area contributed by atoms with Crippen molar-refractivity contribution < 1.29 is 22.3 Å². The summed E-state index contributed by atoms with van der Waals surface area (Å²) in [5, 5.41) is 4.14. The van der Waals surface area contributed by atoms with E-state index in [1.165, 1.54) is 18.3 Å². The molecular formula is C22H29FN2O4S. The highest BCUT2D eigenvalue weighted by Gasteiger charge is 2.31. The number of carbonyl (C=O) groups excluding carboxylic acids is 1. The lowest BCUT2D eigenvalue weighted by molar-refractivity contribution is -0.116. The molecule has 2 aromatic rings. The molecule has 164 valence electrons. The molecule has 1 aliphatic rings. The van der Waals surface area contributed by atoms with Crippen molar-refractivity contribution in [3.63, 3.8) is 0 Å². The molecule has 0 saturated heterocycles. The molecule has 0 amide bonds. The highest BCUT2D eigenvalue weighted by Crippen LogP contribution is 2.33. The number of rotatable bonds is 7. The average Bonchev–Trinajstić information content (AvgIpc) is 3.08. The van der Waals surface area contributed by atoms with Gasteiger partial charge in [-0.2, -0.15) is 5.10 Å². The van der Waals surface area contributed by atoms with E-state index in [-0.39, 0.29) is 40.9 Å². The van der Waals surface area contributed by atoms with Crippen molar-refractivity contribution in [1.29, 1.82) is 0 Å². The van der Waals surface area contributed by atoms with E-state index in [2.05, 4.69) is 5.10 Å². The fourth-order valence-corrected chi connectivity index (χ4v) is 5.21. The van der Waals surface area contributed by atoms with E-state index in [0.717, 1.165) is 23.1 Å². The minimum Gasteiger partial charge on any atom is -0.477 e. The van der Waals surface area contributed by atoms with Gasteiger partial charge in [0.2, 0.25) is 5.88 Å². The number of hydrogen-bond acceptors (Lipinski definition) is 5. The first-order valence-corrected chi connectivity index (χ1v) is 11.9. The molecule has 1 unspecified atom stereocenters. The van der Waals surface area contributed by atoms with Gasteiger partial charge in [0, 0.05) is 12.8 Å². The molecule has 8 heteroatoms. The van der Waals surface area contributed by atoms with Crippen molar-refractivity contribution >= 4 is 15.6 Å². The summed E-state index contributed by atoms with van der Waals surface area (Å²) in [4.78, 5) is 12.8. The molecule has 1 aliphatic heterocycles. The normalized spacial score (nSPS) is 16.6. The zero-order valence-corrected chi connectivity index (χ0v) is 18.9. The predicted octanol–water partition coefficient (Wildman–Crippen LogP) is 4.20.